The van der Waals surface area contributed by atoms with E-state index in [4.69, 9.17) is 21.8 Å². The van der Waals surface area contributed by atoms with Gasteiger partial charge in [0.05, 0.1) is 17.0 Å². The molecule has 2 nitrogen and oxygen atoms in total. The zero-order valence-corrected chi connectivity index (χ0v) is 7.44. The summed E-state index contributed by atoms with van der Waals surface area (Å²) in [4.78, 5) is 0. The Bertz CT molecular complexity index is 413. The summed E-state index contributed by atoms with van der Waals surface area (Å²) in [6.07, 6.45) is 0. The van der Waals surface area contributed by atoms with Crippen molar-refractivity contribution in [1.29, 1.82) is 0 Å². The molecule has 2 aromatic rings. The van der Waals surface area contributed by atoms with E-state index in [1.54, 1.807) is 6.07 Å². The Morgan fingerprint density at radius 3 is 2.85 bits per heavy atom. The normalized spacial score (nSPS) is 11.0. The summed E-state index contributed by atoms with van der Waals surface area (Å²) in [6, 6.07) is 4.33. The zero-order valence-electron chi connectivity index (χ0n) is 6.68. The van der Waals surface area contributed by atoms with Gasteiger partial charge in [-0.1, -0.05) is 11.6 Å². The van der Waals surface area contributed by atoms with Crippen LogP contribution in [-0.2, 0) is 6.54 Å². The molecule has 0 aliphatic heterocycles. The molecule has 0 amide bonds. The highest BCUT2D eigenvalue weighted by molar-refractivity contribution is 6.34. The monoisotopic (exact) mass is 199 g/mol. The fourth-order valence-electron chi connectivity index (χ4n) is 1.21. The minimum atomic E-state index is -0.345. The van der Waals surface area contributed by atoms with Crippen molar-refractivity contribution in [2.24, 2.45) is 5.73 Å². The minimum absolute atomic E-state index is 0.241. The number of nitrogens with two attached hydrogens (primary N) is 1. The molecule has 0 saturated carbocycles. The molecule has 4 heteroatoms. The lowest BCUT2D eigenvalue weighted by Crippen LogP contribution is -1.92. The van der Waals surface area contributed by atoms with E-state index in [1.165, 1.54) is 12.1 Å². The maximum Gasteiger partial charge on any atom is 0.155 e. The largest absolute Gasteiger partial charge is 0.458 e. The Labute approximate surface area is 79.1 Å². The highest BCUT2D eigenvalue weighted by Gasteiger charge is 2.09. The number of halogens is 2. The second-order valence-electron chi connectivity index (χ2n) is 2.69. The maximum absolute atomic E-state index is 13.2. The number of fused-ring (bicyclic) bond motifs is 1. The molecule has 13 heavy (non-hydrogen) atoms. The summed E-state index contributed by atoms with van der Waals surface area (Å²) >= 11 is 5.80. The van der Waals surface area contributed by atoms with E-state index < -0.39 is 0 Å². The predicted molar refractivity (Wildman–Crippen MR) is 49.1 cm³/mol. The SMILES string of the molecule is NCc1cc2c(F)ccc(Cl)c2o1. The molecule has 0 aliphatic rings. The first-order valence-corrected chi connectivity index (χ1v) is 4.16. The summed E-state index contributed by atoms with van der Waals surface area (Å²) in [5.41, 5.74) is 5.72. The van der Waals surface area contributed by atoms with E-state index in [1.807, 2.05) is 0 Å². The Morgan fingerprint density at radius 1 is 1.46 bits per heavy atom. The summed E-state index contributed by atoms with van der Waals surface area (Å²) in [5.74, 6) is 0.185. The van der Waals surface area contributed by atoms with Crippen LogP contribution in [0.2, 0.25) is 5.02 Å². The van der Waals surface area contributed by atoms with E-state index in [-0.39, 0.29) is 12.4 Å². The number of hydrogen-bond donors (Lipinski definition) is 1. The van der Waals surface area contributed by atoms with Crippen molar-refractivity contribution >= 4 is 22.6 Å². The lowest BCUT2D eigenvalue weighted by molar-refractivity contribution is 0.551. The van der Waals surface area contributed by atoms with Crippen LogP contribution in [-0.4, -0.2) is 0 Å². The summed E-state index contributed by atoms with van der Waals surface area (Å²) < 4.78 is 18.4. The number of furan rings is 1. The average molecular weight is 200 g/mol. The molecule has 0 atom stereocenters. The summed E-state index contributed by atoms with van der Waals surface area (Å²) in [6.45, 7) is 0.241. The van der Waals surface area contributed by atoms with Crippen LogP contribution in [0.4, 0.5) is 4.39 Å². The van der Waals surface area contributed by atoms with Crippen LogP contribution in [0.25, 0.3) is 11.0 Å². The van der Waals surface area contributed by atoms with Crippen molar-refractivity contribution in [2.45, 2.75) is 6.54 Å². The van der Waals surface area contributed by atoms with Gasteiger partial charge in [0.15, 0.2) is 5.58 Å². The predicted octanol–water partition coefficient (Wildman–Crippen LogP) is 2.68. The molecular formula is C9H7ClFNO. The van der Waals surface area contributed by atoms with Gasteiger partial charge in [0.2, 0.25) is 0 Å². The van der Waals surface area contributed by atoms with Gasteiger partial charge in [0, 0.05) is 0 Å². The first-order chi connectivity index (χ1) is 6.22. The minimum Gasteiger partial charge on any atom is -0.458 e. The zero-order chi connectivity index (χ0) is 9.42. The Balaban J connectivity index is 2.80. The molecule has 0 aliphatic carbocycles. The molecule has 2 rings (SSSR count). The molecule has 0 fully saturated rings. The second-order valence-corrected chi connectivity index (χ2v) is 3.10. The fourth-order valence-corrected chi connectivity index (χ4v) is 1.41. The molecule has 0 spiro atoms. The Morgan fingerprint density at radius 2 is 2.23 bits per heavy atom. The molecule has 1 aromatic heterocycles. The number of rotatable bonds is 1. The Kier molecular flexibility index (Phi) is 1.98. The van der Waals surface area contributed by atoms with E-state index in [2.05, 4.69) is 0 Å². The van der Waals surface area contributed by atoms with E-state index in [9.17, 15) is 4.39 Å². The van der Waals surface area contributed by atoms with Gasteiger partial charge in [-0.15, -0.1) is 0 Å². The lowest BCUT2D eigenvalue weighted by atomic mass is 10.2. The van der Waals surface area contributed by atoms with Gasteiger partial charge in [-0.25, -0.2) is 4.39 Å². The van der Waals surface area contributed by atoms with Gasteiger partial charge in [-0.2, -0.15) is 0 Å². The molecule has 1 heterocycles. The molecular weight excluding hydrogens is 193 g/mol. The van der Waals surface area contributed by atoms with Gasteiger partial charge in [0.1, 0.15) is 11.6 Å². The van der Waals surface area contributed by atoms with Crippen molar-refractivity contribution in [3.63, 3.8) is 0 Å². The third-order valence-electron chi connectivity index (χ3n) is 1.83. The molecule has 68 valence electrons. The van der Waals surface area contributed by atoms with Crippen LogP contribution in [0.1, 0.15) is 5.76 Å². The third-order valence-corrected chi connectivity index (χ3v) is 2.13. The molecule has 0 bridgehead atoms. The smallest absolute Gasteiger partial charge is 0.155 e. The van der Waals surface area contributed by atoms with Crippen LogP contribution >= 0.6 is 11.6 Å². The second kappa shape index (κ2) is 3.01. The number of benzene rings is 1. The lowest BCUT2D eigenvalue weighted by Gasteiger charge is -1.92. The topological polar surface area (TPSA) is 39.2 Å². The van der Waals surface area contributed by atoms with Gasteiger partial charge in [0.25, 0.3) is 0 Å². The highest BCUT2D eigenvalue weighted by Crippen LogP contribution is 2.28. The molecule has 1 aromatic carbocycles. The fraction of sp³-hybridized carbons (Fsp3) is 0.111. The van der Waals surface area contributed by atoms with Crippen molar-refractivity contribution in [1.82, 2.24) is 0 Å². The van der Waals surface area contributed by atoms with Crippen LogP contribution < -0.4 is 5.73 Å². The molecule has 0 radical (unpaired) electrons. The van der Waals surface area contributed by atoms with E-state index in [0.717, 1.165) is 0 Å². The standard InChI is InChI=1S/C9H7ClFNO/c10-7-1-2-8(11)6-3-5(4-12)13-9(6)7/h1-3H,4,12H2. The average Bonchev–Trinajstić information content (AvgIpc) is 2.56. The maximum atomic E-state index is 13.2. The van der Waals surface area contributed by atoms with Crippen molar-refractivity contribution in [3.8, 4) is 0 Å². The highest BCUT2D eigenvalue weighted by atomic mass is 35.5. The van der Waals surface area contributed by atoms with Gasteiger partial charge >= 0.3 is 0 Å². The van der Waals surface area contributed by atoms with Crippen LogP contribution in [0.15, 0.2) is 22.6 Å². The number of hydrogen-bond acceptors (Lipinski definition) is 2. The third kappa shape index (κ3) is 1.30. The summed E-state index contributed by atoms with van der Waals surface area (Å²) in [7, 11) is 0. The van der Waals surface area contributed by atoms with Gasteiger partial charge in [-0.3, -0.25) is 0 Å². The van der Waals surface area contributed by atoms with Crippen molar-refractivity contribution in [3.05, 3.63) is 34.8 Å². The van der Waals surface area contributed by atoms with E-state index in [0.29, 0.717) is 21.8 Å². The quantitative estimate of drug-likeness (QED) is 0.767. The first-order valence-electron chi connectivity index (χ1n) is 3.79. The molecule has 0 saturated heterocycles. The summed E-state index contributed by atoms with van der Waals surface area (Å²) in [5, 5.41) is 0.782. The van der Waals surface area contributed by atoms with Gasteiger partial charge < -0.3 is 10.2 Å². The van der Waals surface area contributed by atoms with Crippen molar-refractivity contribution < 1.29 is 8.81 Å². The Hall–Kier alpha value is -1.06. The van der Waals surface area contributed by atoms with Gasteiger partial charge in [-0.05, 0) is 18.2 Å². The van der Waals surface area contributed by atoms with Crippen LogP contribution in [0, 0.1) is 5.82 Å². The molecule has 2 N–H and O–H groups in total. The van der Waals surface area contributed by atoms with Crippen LogP contribution in [0.3, 0.4) is 0 Å². The first kappa shape index (κ1) is 8.53. The molecule has 0 unspecified atom stereocenters. The van der Waals surface area contributed by atoms with E-state index >= 15 is 0 Å². The van der Waals surface area contributed by atoms with Crippen LogP contribution in [0.5, 0.6) is 0 Å². The van der Waals surface area contributed by atoms with Crippen molar-refractivity contribution in [2.75, 3.05) is 0 Å².